The van der Waals surface area contributed by atoms with Gasteiger partial charge in [-0.15, -0.1) is 5.10 Å². The van der Waals surface area contributed by atoms with Crippen LogP contribution in [0.25, 0.3) is 0 Å². The molecular weight excluding hydrogens is 352 g/mol. The number of carbonyl (C=O) groups excluding carboxylic acids is 1. The number of benzene rings is 1. The highest BCUT2D eigenvalue weighted by Gasteiger charge is 2.26. The SMILES string of the molecule is O=C(NC1CCN(Cc2ccccc2)CC1)N1CCC(Cn2ccnn2)CC1. The van der Waals surface area contributed by atoms with Crippen LogP contribution in [0.5, 0.6) is 0 Å². The second kappa shape index (κ2) is 9.19. The van der Waals surface area contributed by atoms with Gasteiger partial charge in [-0.1, -0.05) is 35.5 Å². The monoisotopic (exact) mass is 382 g/mol. The smallest absolute Gasteiger partial charge is 0.317 e. The van der Waals surface area contributed by atoms with Gasteiger partial charge >= 0.3 is 6.03 Å². The fourth-order valence-corrected chi connectivity index (χ4v) is 4.26. The van der Waals surface area contributed by atoms with Crippen molar-refractivity contribution in [1.82, 2.24) is 30.1 Å². The summed E-state index contributed by atoms with van der Waals surface area (Å²) < 4.78 is 1.89. The fourth-order valence-electron chi connectivity index (χ4n) is 4.26. The molecule has 0 atom stereocenters. The Hall–Kier alpha value is -2.41. The highest BCUT2D eigenvalue weighted by molar-refractivity contribution is 5.74. The van der Waals surface area contributed by atoms with Gasteiger partial charge in [0.05, 0.1) is 6.20 Å². The highest BCUT2D eigenvalue weighted by atomic mass is 16.2. The Labute approximate surface area is 166 Å². The maximum absolute atomic E-state index is 12.6. The Morgan fingerprint density at radius 2 is 1.79 bits per heavy atom. The van der Waals surface area contributed by atoms with Gasteiger partial charge in [0.1, 0.15) is 0 Å². The van der Waals surface area contributed by atoms with Gasteiger partial charge in [0.15, 0.2) is 0 Å². The van der Waals surface area contributed by atoms with Crippen LogP contribution in [-0.2, 0) is 13.1 Å². The lowest BCUT2D eigenvalue weighted by Crippen LogP contribution is -2.51. The molecule has 2 amide bonds. The number of aromatic nitrogens is 3. The molecule has 2 saturated heterocycles. The average Bonchev–Trinajstić information content (AvgIpc) is 3.24. The van der Waals surface area contributed by atoms with E-state index in [2.05, 4.69) is 50.9 Å². The van der Waals surface area contributed by atoms with Crippen molar-refractivity contribution in [1.29, 1.82) is 0 Å². The maximum atomic E-state index is 12.6. The van der Waals surface area contributed by atoms with Crippen LogP contribution in [0.1, 0.15) is 31.2 Å². The van der Waals surface area contributed by atoms with Crippen molar-refractivity contribution < 1.29 is 4.79 Å². The fraction of sp³-hybridized carbons (Fsp3) is 0.571. The van der Waals surface area contributed by atoms with Gasteiger partial charge in [0, 0.05) is 51.5 Å². The molecule has 1 N–H and O–H groups in total. The molecule has 3 heterocycles. The molecule has 0 aliphatic carbocycles. The number of rotatable bonds is 5. The minimum atomic E-state index is 0.112. The van der Waals surface area contributed by atoms with Crippen molar-refractivity contribution in [2.45, 2.75) is 44.8 Å². The van der Waals surface area contributed by atoms with Crippen LogP contribution in [-0.4, -0.2) is 63.0 Å². The van der Waals surface area contributed by atoms with E-state index in [9.17, 15) is 4.79 Å². The van der Waals surface area contributed by atoms with E-state index in [1.54, 1.807) is 6.20 Å². The second-order valence-corrected chi connectivity index (χ2v) is 8.04. The van der Waals surface area contributed by atoms with E-state index >= 15 is 0 Å². The van der Waals surface area contributed by atoms with Gasteiger partial charge in [0.25, 0.3) is 0 Å². The maximum Gasteiger partial charge on any atom is 0.317 e. The molecule has 1 aromatic heterocycles. The first-order valence-electron chi connectivity index (χ1n) is 10.4. The van der Waals surface area contributed by atoms with Crippen LogP contribution in [0.3, 0.4) is 0 Å². The van der Waals surface area contributed by atoms with Crippen molar-refractivity contribution in [3.8, 4) is 0 Å². The molecule has 2 fully saturated rings. The number of carbonyl (C=O) groups is 1. The summed E-state index contributed by atoms with van der Waals surface area (Å²) >= 11 is 0. The number of likely N-dealkylation sites (tertiary alicyclic amines) is 2. The molecule has 1 aromatic carbocycles. The first-order chi connectivity index (χ1) is 13.8. The van der Waals surface area contributed by atoms with E-state index in [-0.39, 0.29) is 6.03 Å². The minimum absolute atomic E-state index is 0.112. The third-order valence-electron chi connectivity index (χ3n) is 5.98. The van der Waals surface area contributed by atoms with Crippen LogP contribution in [0.4, 0.5) is 4.79 Å². The molecule has 7 heteroatoms. The standard InChI is InChI=1S/C21H30N6O/c28-21(26-13-6-19(7-14-26)17-27-15-10-22-24-27)23-20-8-11-25(12-9-20)16-18-4-2-1-3-5-18/h1-5,10,15,19-20H,6-9,11-14,16-17H2,(H,23,28). The van der Waals surface area contributed by atoms with E-state index in [0.717, 1.165) is 65.0 Å². The summed E-state index contributed by atoms with van der Waals surface area (Å²) in [6, 6.07) is 11.0. The van der Waals surface area contributed by atoms with Gasteiger partial charge in [0.2, 0.25) is 0 Å². The van der Waals surface area contributed by atoms with Crippen LogP contribution in [0.15, 0.2) is 42.7 Å². The molecule has 150 valence electrons. The Balaban J connectivity index is 1.16. The quantitative estimate of drug-likeness (QED) is 0.862. The van der Waals surface area contributed by atoms with E-state index < -0.39 is 0 Å². The lowest BCUT2D eigenvalue weighted by molar-refractivity contribution is 0.149. The van der Waals surface area contributed by atoms with Crippen molar-refractivity contribution in [3.05, 3.63) is 48.3 Å². The summed E-state index contributed by atoms with van der Waals surface area (Å²) in [5.74, 6) is 0.576. The Morgan fingerprint density at radius 3 is 2.46 bits per heavy atom. The summed E-state index contributed by atoms with van der Waals surface area (Å²) in [5.41, 5.74) is 1.36. The molecule has 0 unspecified atom stereocenters. The number of amides is 2. The summed E-state index contributed by atoms with van der Waals surface area (Å²) in [6.07, 6.45) is 7.74. The molecule has 0 saturated carbocycles. The summed E-state index contributed by atoms with van der Waals surface area (Å²) in [4.78, 5) is 17.1. The average molecular weight is 383 g/mol. The predicted molar refractivity (Wildman–Crippen MR) is 108 cm³/mol. The number of urea groups is 1. The zero-order chi connectivity index (χ0) is 19.2. The highest BCUT2D eigenvalue weighted by Crippen LogP contribution is 2.20. The van der Waals surface area contributed by atoms with Gasteiger partial charge in [-0.2, -0.15) is 0 Å². The van der Waals surface area contributed by atoms with Crippen molar-refractivity contribution in [3.63, 3.8) is 0 Å². The molecule has 0 bridgehead atoms. The van der Waals surface area contributed by atoms with Gasteiger partial charge in [-0.05, 0) is 37.2 Å². The summed E-state index contributed by atoms with van der Waals surface area (Å²) in [6.45, 7) is 5.64. The second-order valence-electron chi connectivity index (χ2n) is 8.04. The first kappa shape index (κ1) is 18.9. The Bertz CT molecular complexity index is 719. The van der Waals surface area contributed by atoms with Crippen molar-refractivity contribution in [2.75, 3.05) is 26.2 Å². The third kappa shape index (κ3) is 5.10. The van der Waals surface area contributed by atoms with Crippen molar-refractivity contribution >= 4 is 6.03 Å². The number of nitrogens with zero attached hydrogens (tertiary/aromatic N) is 5. The van der Waals surface area contributed by atoms with E-state index in [1.165, 1.54) is 5.56 Å². The number of hydrogen-bond donors (Lipinski definition) is 1. The minimum Gasteiger partial charge on any atom is -0.335 e. The lowest BCUT2D eigenvalue weighted by Gasteiger charge is -2.36. The molecule has 2 aliphatic heterocycles. The molecule has 2 aromatic rings. The molecule has 2 aliphatic rings. The molecular formula is C21H30N6O. The zero-order valence-corrected chi connectivity index (χ0v) is 16.4. The first-order valence-corrected chi connectivity index (χ1v) is 10.4. The van der Waals surface area contributed by atoms with E-state index in [1.807, 2.05) is 15.8 Å². The Morgan fingerprint density at radius 1 is 1.04 bits per heavy atom. The summed E-state index contributed by atoms with van der Waals surface area (Å²) in [5, 5.41) is 11.2. The van der Waals surface area contributed by atoms with Crippen LogP contribution in [0, 0.1) is 5.92 Å². The number of piperidine rings is 2. The topological polar surface area (TPSA) is 66.3 Å². The van der Waals surface area contributed by atoms with Gasteiger partial charge < -0.3 is 10.2 Å². The lowest BCUT2D eigenvalue weighted by atomic mass is 9.97. The van der Waals surface area contributed by atoms with Gasteiger partial charge in [-0.3, -0.25) is 9.58 Å². The van der Waals surface area contributed by atoms with Crippen molar-refractivity contribution in [2.24, 2.45) is 5.92 Å². The zero-order valence-electron chi connectivity index (χ0n) is 16.4. The number of hydrogen-bond acceptors (Lipinski definition) is 4. The predicted octanol–water partition coefficient (Wildman–Crippen LogP) is 2.36. The van der Waals surface area contributed by atoms with Gasteiger partial charge in [-0.25, -0.2) is 4.79 Å². The van der Waals surface area contributed by atoms with E-state index in [0.29, 0.717) is 12.0 Å². The molecule has 7 nitrogen and oxygen atoms in total. The van der Waals surface area contributed by atoms with Crippen LogP contribution >= 0.6 is 0 Å². The largest absolute Gasteiger partial charge is 0.335 e. The third-order valence-corrected chi connectivity index (χ3v) is 5.98. The van der Waals surface area contributed by atoms with Crippen LogP contribution in [0.2, 0.25) is 0 Å². The number of nitrogens with one attached hydrogen (secondary N) is 1. The molecule has 28 heavy (non-hydrogen) atoms. The van der Waals surface area contributed by atoms with Crippen LogP contribution < -0.4 is 5.32 Å². The van der Waals surface area contributed by atoms with E-state index in [4.69, 9.17) is 0 Å². The Kier molecular flexibility index (Phi) is 6.21. The summed E-state index contributed by atoms with van der Waals surface area (Å²) in [7, 11) is 0. The molecule has 0 spiro atoms. The molecule has 4 rings (SSSR count). The normalized spacial score (nSPS) is 19.6. The molecule has 0 radical (unpaired) electrons.